The molecule has 0 heterocycles. The minimum Gasteiger partial charge on any atom is -0.481 e. The van der Waals surface area contributed by atoms with Gasteiger partial charge in [-0.15, -0.1) is 6.58 Å². The number of carbonyl (C=O) groups is 3. The number of benzene rings is 2. The molecule has 1 aliphatic rings. The zero-order chi connectivity index (χ0) is 25.6. The zero-order valence-corrected chi connectivity index (χ0v) is 20.5. The van der Waals surface area contributed by atoms with Crippen molar-refractivity contribution < 1.29 is 24.2 Å². The largest absolute Gasteiger partial charge is 0.481 e. The molecule has 3 rings (SSSR count). The number of amides is 2. The van der Waals surface area contributed by atoms with Crippen molar-refractivity contribution >= 4 is 18.0 Å². The Hall–Kier alpha value is -3.61. The summed E-state index contributed by atoms with van der Waals surface area (Å²) in [7, 11) is 0. The maximum atomic E-state index is 12.9. The van der Waals surface area contributed by atoms with Gasteiger partial charge in [0.1, 0.15) is 12.6 Å². The number of fused-ring (bicyclic) bond motifs is 3. The van der Waals surface area contributed by atoms with E-state index in [-0.39, 0.29) is 30.8 Å². The second kappa shape index (κ2) is 11.2. The number of hydrogen-bond donors (Lipinski definition) is 3. The van der Waals surface area contributed by atoms with Crippen LogP contribution in [0.4, 0.5) is 4.79 Å². The molecule has 0 saturated carbocycles. The molecule has 2 aromatic carbocycles. The summed E-state index contributed by atoms with van der Waals surface area (Å²) in [6, 6.07) is 14.6. The van der Waals surface area contributed by atoms with Crippen LogP contribution in [0.2, 0.25) is 0 Å². The summed E-state index contributed by atoms with van der Waals surface area (Å²) in [6.07, 6.45) is 1.29. The lowest BCUT2D eigenvalue weighted by atomic mass is 9.87. The Morgan fingerprint density at radius 3 is 2.11 bits per heavy atom. The highest BCUT2D eigenvalue weighted by Crippen LogP contribution is 2.44. The molecule has 0 fully saturated rings. The molecule has 0 spiro atoms. The van der Waals surface area contributed by atoms with Crippen molar-refractivity contribution in [2.75, 3.05) is 6.61 Å². The lowest BCUT2D eigenvalue weighted by molar-refractivity contribution is -0.138. The van der Waals surface area contributed by atoms with Crippen molar-refractivity contribution in [3.8, 4) is 11.1 Å². The van der Waals surface area contributed by atoms with Crippen molar-refractivity contribution in [3.05, 3.63) is 72.3 Å². The van der Waals surface area contributed by atoms with Gasteiger partial charge in [-0.05, 0) is 40.5 Å². The second-order valence-corrected chi connectivity index (χ2v) is 10.1. The third-order valence-electron chi connectivity index (χ3n) is 5.98. The number of carbonyl (C=O) groups excluding carboxylic acids is 2. The summed E-state index contributed by atoms with van der Waals surface area (Å²) in [5.41, 5.74) is 4.27. The summed E-state index contributed by atoms with van der Waals surface area (Å²) in [6.45, 7) is 9.73. The van der Waals surface area contributed by atoms with Gasteiger partial charge < -0.3 is 20.5 Å². The lowest BCUT2D eigenvalue weighted by Gasteiger charge is -2.27. The van der Waals surface area contributed by atoms with Gasteiger partial charge in [0.15, 0.2) is 0 Å². The van der Waals surface area contributed by atoms with Crippen LogP contribution >= 0.6 is 0 Å². The third-order valence-corrected chi connectivity index (χ3v) is 5.98. The van der Waals surface area contributed by atoms with Gasteiger partial charge >= 0.3 is 12.1 Å². The Bertz CT molecular complexity index is 1040. The molecule has 1 aliphatic carbocycles. The van der Waals surface area contributed by atoms with E-state index in [1.165, 1.54) is 6.08 Å². The molecule has 2 aromatic rings. The van der Waals surface area contributed by atoms with Crippen LogP contribution in [0.25, 0.3) is 11.1 Å². The highest BCUT2D eigenvalue weighted by molar-refractivity contribution is 5.86. The smallest absolute Gasteiger partial charge is 0.407 e. The van der Waals surface area contributed by atoms with Gasteiger partial charge in [-0.1, -0.05) is 75.4 Å². The molecule has 7 nitrogen and oxygen atoms in total. The fourth-order valence-corrected chi connectivity index (χ4v) is 4.61. The molecule has 0 aliphatic heterocycles. The first kappa shape index (κ1) is 26.0. The van der Waals surface area contributed by atoms with E-state index >= 15 is 0 Å². The van der Waals surface area contributed by atoms with Crippen molar-refractivity contribution in [3.63, 3.8) is 0 Å². The van der Waals surface area contributed by atoms with Crippen LogP contribution in [0.5, 0.6) is 0 Å². The second-order valence-electron chi connectivity index (χ2n) is 10.1. The first-order valence-corrected chi connectivity index (χ1v) is 11.8. The number of hydrogen-bond acceptors (Lipinski definition) is 4. The molecular weight excluding hydrogens is 444 g/mol. The lowest BCUT2D eigenvalue weighted by Crippen LogP contribution is -2.50. The van der Waals surface area contributed by atoms with Crippen LogP contribution in [-0.2, 0) is 14.3 Å². The SMILES string of the molecule is C=CCC(NC(=O)OCC1c2ccccc2-c2ccccc21)C(=O)NC(CC(=O)O)CC(C)(C)C. The molecule has 2 amide bonds. The molecule has 2 unspecified atom stereocenters. The minimum absolute atomic E-state index is 0.0911. The highest BCUT2D eigenvalue weighted by Gasteiger charge is 2.30. The first-order chi connectivity index (χ1) is 16.6. The van der Waals surface area contributed by atoms with E-state index < -0.39 is 30.1 Å². The Labute approximate surface area is 206 Å². The first-order valence-electron chi connectivity index (χ1n) is 11.8. The molecule has 186 valence electrons. The van der Waals surface area contributed by atoms with Gasteiger partial charge in [-0.25, -0.2) is 4.79 Å². The van der Waals surface area contributed by atoms with Crippen LogP contribution in [0.15, 0.2) is 61.2 Å². The molecule has 0 aromatic heterocycles. The van der Waals surface area contributed by atoms with E-state index in [2.05, 4.69) is 29.3 Å². The Balaban J connectivity index is 1.64. The standard InChI is InChI=1S/C28H34N2O5/c1-5-10-24(26(33)29-18(15-25(31)32)16-28(2,3)4)30-27(34)35-17-23-21-13-8-6-11-19(21)20-12-7-9-14-22(20)23/h5-9,11-14,18,23-24H,1,10,15-17H2,2-4H3,(H,29,33)(H,30,34)(H,31,32). The molecule has 0 saturated heterocycles. The quantitative estimate of drug-likeness (QED) is 0.423. The Kier molecular flexibility index (Phi) is 8.33. The summed E-state index contributed by atoms with van der Waals surface area (Å²) in [5.74, 6) is -1.55. The summed E-state index contributed by atoms with van der Waals surface area (Å²) in [5, 5.41) is 14.6. The number of aliphatic carboxylic acids is 1. The highest BCUT2D eigenvalue weighted by atomic mass is 16.5. The third kappa shape index (κ3) is 6.94. The summed E-state index contributed by atoms with van der Waals surface area (Å²) < 4.78 is 5.56. The van der Waals surface area contributed by atoms with E-state index in [1.807, 2.05) is 57.2 Å². The van der Waals surface area contributed by atoms with E-state index in [0.29, 0.717) is 6.42 Å². The van der Waals surface area contributed by atoms with E-state index in [0.717, 1.165) is 22.3 Å². The molecule has 35 heavy (non-hydrogen) atoms. The van der Waals surface area contributed by atoms with Gasteiger partial charge in [0.25, 0.3) is 0 Å². The average molecular weight is 479 g/mol. The number of nitrogens with one attached hydrogen (secondary N) is 2. The molecule has 7 heteroatoms. The average Bonchev–Trinajstić information content (AvgIpc) is 3.09. The monoisotopic (exact) mass is 478 g/mol. The number of rotatable bonds is 10. The van der Waals surface area contributed by atoms with Crippen LogP contribution in [-0.4, -0.2) is 41.8 Å². The maximum Gasteiger partial charge on any atom is 0.407 e. The van der Waals surface area contributed by atoms with Gasteiger partial charge in [0, 0.05) is 12.0 Å². The van der Waals surface area contributed by atoms with Gasteiger partial charge in [0.05, 0.1) is 6.42 Å². The number of alkyl carbamates (subject to hydrolysis) is 1. The molecule has 3 N–H and O–H groups in total. The zero-order valence-electron chi connectivity index (χ0n) is 20.5. The van der Waals surface area contributed by atoms with E-state index in [4.69, 9.17) is 4.74 Å². The van der Waals surface area contributed by atoms with Crippen molar-refractivity contribution in [2.24, 2.45) is 5.41 Å². The number of ether oxygens (including phenoxy) is 1. The minimum atomic E-state index is -0.996. The fourth-order valence-electron chi connectivity index (χ4n) is 4.61. The van der Waals surface area contributed by atoms with Crippen molar-refractivity contribution in [2.45, 2.75) is 58.0 Å². The number of carboxylic acid groups (broad SMARTS) is 1. The molecule has 0 radical (unpaired) electrons. The van der Waals surface area contributed by atoms with Crippen LogP contribution < -0.4 is 10.6 Å². The predicted molar refractivity (Wildman–Crippen MR) is 135 cm³/mol. The van der Waals surface area contributed by atoms with E-state index in [1.54, 1.807) is 0 Å². The van der Waals surface area contributed by atoms with Crippen LogP contribution in [0, 0.1) is 5.41 Å². The van der Waals surface area contributed by atoms with Crippen molar-refractivity contribution in [1.82, 2.24) is 10.6 Å². The number of carboxylic acids is 1. The topological polar surface area (TPSA) is 105 Å². The van der Waals surface area contributed by atoms with Crippen LogP contribution in [0.3, 0.4) is 0 Å². The van der Waals surface area contributed by atoms with Gasteiger partial charge in [-0.3, -0.25) is 9.59 Å². The Morgan fingerprint density at radius 1 is 1.03 bits per heavy atom. The maximum absolute atomic E-state index is 12.9. The molecule has 2 atom stereocenters. The molecular formula is C28H34N2O5. The molecule has 0 bridgehead atoms. The van der Waals surface area contributed by atoms with Gasteiger partial charge in [-0.2, -0.15) is 0 Å². The normalized spacial score (nSPS) is 14.3. The Morgan fingerprint density at radius 2 is 1.60 bits per heavy atom. The predicted octanol–water partition coefficient (Wildman–Crippen LogP) is 4.87. The van der Waals surface area contributed by atoms with Crippen LogP contribution in [0.1, 0.15) is 57.1 Å². The summed E-state index contributed by atoms with van der Waals surface area (Å²) >= 11 is 0. The van der Waals surface area contributed by atoms with Crippen molar-refractivity contribution in [1.29, 1.82) is 0 Å². The van der Waals surface area contributed by atoms with E-state index in [9.17, 15) is 19.5 Å². The fraction of sp³-hybridized carbons (Fsp3) is 0.393. The van der Waals surface area contributed by atoms with Gasteiger partial charge in [0.2, 0.25) is 5.91 Å². The summed E-state index contributed by atoms with van der Waals surface area (Å²) in [4.78, 5) is 36.9.